The van der Waals surface area contributed by atoms with Crippen LogP contribution >= 0.6 is 0 Å². The summed E-state index contributed by atoms with van der Waals surface area (Å²) in [5.41, 5.74) is 1.72. The maximum atomic E-state index is 3.26. The molecule has 0 spiro atoms. The third kappa shape index (κ3) is 6.65. The second kappa shape index (κ2) is 10.9. The Bertz CT molecular complexity index is 837. The monoisotopic (exact) mass is 433 g/mol. The molecular formula is C26H31Zr. The van der Waals surface area contributed by atoms with Gasteiger partial charge in [0.1, 0.15) is 0 Å². The van der Waals surface area contributed by atoms with Crippen LogP contribution in [-0.2, 0) is 26.2 Å². The largest absolute Gasteiger partial charge is 3.00 e. The molecule has 0 heterocycles. The fraction of sp³-hybridized carbons (Fsp3) is 0.308. The summed E-state index contributed by atoms with van der Waals surface area (Å²) in [5.74, 6) is 0.522. The molecule has 1 unspecified atom stereocenters. The minimum absolute atomic E-state index is 0. The topological polar surface area (TPSA) is 0 Å². The summed E-state index contributed by atoms with van der Waals surface area (Å²) in [7, 11) is 0. The molecule has 0 aliphatic heterocycles. The van der Waals surface area contributed by atoms with Crippen molar-refractivity contribution in [2.24, 2.45) is 11.3 Å². The molecule has 0 fully saturated rings. The average Bonchev–Trinajstić information content (AvgIpc) is 3.19. The predicted octanol–water partition coefficient (Wildman–Crippen LogP) is 7.91. The van der Waals surface area contributed by atoms with Crippen LogP contribution in [0.2, 0.25) is 0 Å². The summed E-state index contributed by atoms with van der Waals surface area (Å²) in [6.07, 6.45) is 9.65. The Balaban J connectivity index is 0.000000235. The van der Waals surface area contributed by atoms with Gasteiger partial charge in [0.2, 0.25) is 0 Å². The Morgan fingerprint density at radius 3 is 1.67 bits per heavy atom. The molecular weight excluding hydrogens is 404 g/mol. The molecule has 1 aliphatic rings. The first-order valence-electron chi connectivity index (χ1n) is 9.45. The van der Waals surface area contributed by atoms with Gasteiger partial charge in [0, 0.05) is 0 Å². The Hall–Kier alpha value is -1.33. The van der Waals surface area contributed by atoms with E-state index in [4.69, 9.17) is 0 Å². The number of hydrogen-bond acceptors (Lipinski definition) is 0. The number of hydrogen-bond donors (Lipinski definition) is 0. The normalized spacial score (nSPS) is 15.3. The molecule has 3 aromatic rings. The van der Waals surface area contributed by atoms with Crippen molar-refractivity contribution in [3.05, 3.63) is 84.8 Å². The van der Waals surface area contributed by atoms with E-state index in [9.17, 15) is 0 Å². The van der Waals surface area contributed by atoms with Gasteiger partial charge in [-0.15, -0.1) is 39.7 Å². The van der Waals surface area contributed by atoms with Gasteiger partial charge >= 0.3 is 26.2 Å². The molecule has 0 aromatic heterocycles. The van der Waals surface area contributed by atoms with Gasteiger partial charge in [-0.1, -0.05) is 75.4 Å². The summed E-state index contributed by atoms with van der Waals surface area (Å²) in [4.78, 5) is 0. The molecule has 139 valence electrons. The second-order valence-electron chi connectivity index (χ2n) is 7.87. The van der Waals surface area contributed by atoms with E-state index < -0.39 is 0 Å². The smallest absolute Gasteiger partial charge is 0.335 e. The molecule has 4 rings (SSSR count). The third-order valence-corrected chi connectivity index (χ3v) is 4.32. The van der Waals surface area contributed by atoms with Crippen LogP contribution in [0.4, 0.5) is 0 Å². The van der Waals surface area contributed by atoms with E-state index in [2.05, 4.69) is 101 Å². The van der Waals surface area contributed by atoms with Crippen LogP contribution in [0.3, 0.4) is 0 Å². The van der Waals surface area contributed by atoms with Gasteiger partial charge in [-0.25, -0.2) is 6.08 Å². The van der Waals surface area contributed by atoms with Crippen molar-refractivity contribution in [1.82, 2.24) is 0 Å². The molecule has 3 aromatic carbocycles. The zero-order valence-corrected chi connectivity index (χ0v) is 20.0. The van der Waals surface area contributed by atoms with Crippen molar-refractivity contribution < 1.29 is 26.2 Å². The van der Waals surface area contributed by atoms with Crippen LogP contribution in [0.5, 0.6) is 0 Å². The first kappa shape index (κ1) is 23.7. The Labute approximate surface area is 184 Å². The molecule has 1 radical (unpaired) electrons. The van der Waals surface area contributed by atoms with E-state index in [-0.39, 0.29) is 26.2 Å². The van der Waals surface area contributed by atoms with E-state index in [0.717, 1.165) is 0 Å². The molecule has 1 aliphatic carbocycles. The van der Waals surface area contributed by atoms with Crippen LogP contribution in [0.25, 0.3) is 21.5 Å². The molecule has 0 N–H and O–H groups in total. The van der Waals surface area contributed by atoms with Crippen LogP contribution in [0.1, 0.15) is 41.5 Å². The van der Waals surface area contributed by atoms with Gasteiger partial charge in [0.05, 0.1) is 0 Å². The molecule has 0 saturated carbocycles. The molecule has 1 atom stereocenters. The fourth-order valence-electron chi connectivity index (χ4n) is 2.96. The zero-order valence-electron chi connectivity index (χ0n) is 17.5. The first-order valence-corrected chi connectivity index (χ1v) is 9.45. The van der Waals surface area contributed by atoms with Gasteiger partial charge in [-0.05, 0) is 0 Å². The minimum atomic E-state index is 0. The SMILES string of the molecule is CC1[C-]=CC(C(C)(C)C)=C1.C[CH-]C.[Zr+3].c1ccc2c(c1)[cH-]c1ccccc12. The van der Waals surface area contributed by atoms with Crippen molar-refractivity contribution in [3.8, 4) is 0 Å². The summed E-state index contributed by atoms with van der Waals surface area (Å²) >= 11 is 0. The predicted molar refractivity (Wildman–Crippen MR) is 117 cm³/mol. The number of fused-ring (bicyclic) bond motifs is 3. The van der Waals surface area contributed by atoms with Gasteiger partial charge in [0.15, 0.2) is 0 Å². The van der Waals surface area contributed by atoms with Crippen LogP contribution in [0.15, 0.2) is 72.3 Å². The Morgan fingerprint density at radius 2 is 1.33 bits per heavy atom. The van der Waals surface area contributed by atoms with Crippen molar-refractivity contribution >= 4 is 21.5 Å². The molecule has 0 saturated heterocycles. The molecule has 0 amide bonds. The van der Waals surface area contributed by atoms with E-state index in [1.54, 1.807) is 0 Å². The third-order valence-electron chi connectivity index (χ3n) is 4.32. The summed E-state index contributed by atoms with van der Waals surface area (Å²) < 4.78 is 0. The maximum absolute atomic E-state index is 3.26. The Morgan fingerprint density at radius 1 is 0.889 bits per heavy atom. The van der Waals surface area contributed by atoms with Gasteiger partial charge in [-0.2, -0.15) is 25.5 Å². The van der Waals surface area contributed by atoms with Crippen molar-refractivity contribution in [3.63, 3.8) is 0 Å². The van der Waals surface area contributed by atoms with Crippen molar-refractivity contribution in [2.75, 3.05) is 0 Å². The molecule has 27 heavy (non-hydrogen) atoms. The number of benzene rings is 2. The van der Waals surface area contributed by atoms with Crippen molar-refractivity contribution in [1.29, 1.82) is 0 Å². The Kier molecular flexibility index (Phi) is 9.54. The first-order chi connectivity index (χ1) is 12.4. The van der Waals surface area contributed by atoms with Gasteiger partial charge in [-0.3, -0.25) is 6.08 Å². The standard InChI is InChI=1S/C13H9.C10H15.C3H7.Zr/c1-3-7-12-10(5-1)9-11-6-2-4-8-13(11)12;1-8-5-6-9(7-8)10(2,3)4;1-3-2;/h1-9H;6-8H,1-4H3;3H,1-2H3;/q3*-1;+3. The quantitative estimate of drug-likeness (QED) is 0.315. The number of allylic oxidation sites excluding steroid dienone is 4. The summed E-state index contributed by atoms with van der Waals surface area (Å²) in [6, 6.07) is 19.3. The zero-order chi connectivity index (χ0) is 19.2. The van der Waals surface area contributed by atoms with Gasteiger partial charge < -0.3 is 6.42 Å². The van der Waals surface area contributed by atoms with Crippen molar-refractivity contribution in [2.45, 2.75) is 41.5 Å². The van der Waals surface area contributed by atoms with Crippen LogP contribution in [-0.4, -0.2) is 0 Å². The molecule has 0 nitrogen and oxygen atoms in total. The van der Waals surface area contributed by atoms with E-state index in [1.807, 2.05) is 20.3 Å². The van der Waals surface area contributed by atoms with E-state index in [1.165, 1.54) is 27.1 Å². The van der Waals surface area contributed by atoms with Crippen LogP contribution < -0.4 is 0 Å². The molecule has 1 heteroatoms. The fourth-order valence-corrected chi connectivity index (χ4v) is 2.96. The molecule has 0 bridgehead atoms. The summed E-state index contributed by atoms with van der Waals surface area (Å²) in [5, 5.41) is 5.39. The summed E-state index contributed by atoms with van der Waals surface area (Å²) in [6.45, 7) is 12.9. The minimum Gasteiger partial charge on any atom is -0.335 e. The number of rotatable bonds is 0. The van der Waals surface area contributed by atoms with Crippen LogP contribution in [0, 0.1) is 23.8 Å². The maximum Gasteiger partial charge on any atom is 3.00 e. The second-order valence-corrected chi connectivity index (χ2v) is 7.87. The average molecular weight is 435 g/mol. The van der Waals surface area contributed by atoms with E-state index >= 15 is 0 Å². The van der Waals surface area contributed by atoms with E-state index in [0.29, 0.717) is 11.3 Å². The van der Waals surface area contributed by atoms with Gasteiger partial charge in [0.25, 0.3) is 0 Å².